The fourth-order valence-corrected chi connectivity index (χ4v) is 3.69. The Morgan fingerprint density at radius 3 is 2.29 bits per heavy atom. The first kappa shape index (κ1) is 23.9. The standard InChI is InChI=1S/C24H19Cl2F3N4O/c1-15-5-7-16(8-6-15)14-33-23(34)32(13-17-9-10-20(25)21(26)11-17)22(31-33)30-19-4-2-3-18(12-19)24(27,28)29/h2-12H,13-14H2,1H3,(H,30,31). The summed E-state index contributed by atoms with van der Waals surface area (Å²) < 4.78 is 42.1. The van der Waals surface area contributed by atoms with Crippen molar-refractivity contribution in [3.05, 3.63) is 110 Å². The largest absolute Gasteiger partial charge is 0.416 e. The van der Waals surface area contributed by atoms with Gasteiger partial charge in [0.15, 0.2) is 0 Å². The predicted octanol–water partition coefficient (Wildman–Crippen LogP) is 6.52. The lowest BCUT2D eigenvalue weighted by Crippen LogP contribution is -2.26. The van der Waals surface area contributed by atoms with Gasteiger partial charge in [-0.15, -0.1) is 5.10 Å². The lowest BCUT2D eigenvalue weighted by Gasteiger charge is -2.11. The molecule has 4 aromatic rings. The molecule has 0 aliphatic heterocycles. The summed E-state index contributed by atoms with van der Waals surface area (Å²) in [6.07, 6.45) is -4.50. The van der Waals surface area contributed by atoms with E-state index in [4.69, 9.17) is 23.2 Å². The van der Waals surface area contributed by atoms with E-state index in [-0.39, 0.29) is 24.7 Å². The number of hydrogen-bond acceptors (Lipinski definition) is 3. The second-order valence-corrected chi connectivity index (χ2v) is 8.60. The summed E-state index contributed by atoms with van der Waals surface area (Å²) in [4.78, 5) is 13.2. The van der Waals surface area contributed by atoms with Gasteiger partial charge in [-0.05, 0) is 48.4 Å². The van der Waals surface area contributed by atoms with Gasteiger partial charge in [-0.3, -0.25) is 4.57 Å². The highest BCUT2D eigenvalue weighted by molar-refractivity contribution is 6.42. The second-order valence-electron chi connectivity index (χ2n) is 7.79. The number of aromatic nitrogens is 3. The van der Waals surface area contributed by atoms with Crippen LogP contribution in [0.5, 0.6) is 0 Å². The fraction of sp³-hybridized carbons (Fsp3) is 0.167. The minimum atomic E-state index is -4.50. The topological polar surface area (TPSA) is 51.9 Å². The van der Waals surface area contributed by atoms with Crippen molar-refractivity contribution in [3.8, 4) is 0 Å². The summed E-state index contributed by atoms with van der Waals surface area (Å²) in [5, 5.41) is 7.92. The summed E-state index contributed by atoms with van der Waals surface area (Å²) in [6, 6.07) is 17.3. The first-order valence-corrected chi connectivity index (χ1v) is 11.0. The van der Waals surface area contributed by atoms with Crippen LogP contribution in [0.15, 0.2) is 71.5 Å². The van der Waals surface area contributed by atoms with Gasteiger partial charge < -0.3 is 5.32 Å². The van der Waals surface area contributed by atoms with Crippen LogP contribution in [0.2, 0.25) is 10.0 Å². The monoisotopic (exact) mass is 506 g/mol. The number of benzene rings is 3. The Kier molecular flexibility index (Phi) is 6.72. The normalized spacial score (nSPS) is 11.6. The zero-order valence-electron chi connectivity index (χ0n) is 17.9. The Hall–Kier alpha value is -3.23. The van der Waals surface area contributed by atoms with E-state index in [0.29, 0.717) is 15.6 Å². The highest BCUT2D eigenvalue weighted by Gasteiger charge is 2.30. The Labute approximate surface area is 203 Å². The van der Waals surface area contributed by atoms with E-state index in [1.807, 2.05) is 31.2 Å². The van der Waals surface area contributed by atoms with E-state index in [9.17, 15) is 18.0 Å². The second kappa shape index (κ2) is 9.56. The van der Waals surface area contributed by atoms with Crippen molar-refractivity contribution in [2.45, 2.75) is 26.2 Å². The lowest BCUT2D eigenvalue weighted by molar-refractivity contribution is -0.137. The Balaban J connectivity index is 1.73. The van der Waals surface area contributed by atoms with Crippen LogP contribution < -0.4 is 11.0 Å². The van der Waals surface area contributed by atoms with Crippen molar-refractivity contribution in [1.82, 2.24) is 14.3 Å². The van der Waals surface area contributed by atoms with Crippen LogP contribution in [0.1, 0.15) is 22.3 Å². The van der Waals surface area contributed by atoms with Gasteiger partial charge >= 0.3 is 11.9 Å². The summed E-state index contributed by atoms with van der Waals surface area (Å²) in [7, 11) is 0. The van der Waals surface area contributed by atoms with Gasteiger partial charge in [-0.1, -0.05) is 65.2 Å². The lowest BCUT2D eigenvalue weighted by atomic mass is 10.1. The molecule has 0 bridgehead atoms. The smallest absolute Gasteiger partial charge is 0.324 e. The number of alkyl halides is 3. The molecule has 0 amide bonds. The molecule has 0 spiro atoms. The third kappa shape index (κ3) is 5.46. The third-order valence-corrected chi connectivity index (χ3v) is 5.89. The molecule has 176 valence electrons. The SMILES string of the molecule is Cc1ccc(Cn2nc(Nc3cccc(C(F)(F)F)c3)n(Cc3ccc(Cl)c(Cl)c3)c2=O)cc1. The van der Waals surface area contributed by atoms with Crippen LogP contribution in [-0.4, -0.2) is 14.3 Å². The van der Waals surface area contributed by atoms with E-state index in [2.05, 4.69) is 10.4 Å². The maximum Gasteiger partial charge on any atom is 0.416 e. The first-order chi connectivity index (χ1) is 16.1. The summed E-state index contributed by atoms with van der Waals surface area (Å²) in [5.41, 5.74) is 1.53. The molecule has 0 saturated carbocycles. The zero-order chi connectivity index (χ0) is 24.5. The Morgan fingerprint density at radius 2 is 1.62 bits per heavy atom. The van der Waals surface area contributed by atoms with Crippen LogP contribution in [-0.2, 0) is 19.3 Å². The highest BCUT2D eigenvalue weighted by Crippen LogP contribution is 2.31. The fourth-order valence-electron chi connectivity index (χ4n) is 3.37. The molecule has 0 aliphatic rings. The van der Waals surface area contributed by atoms with Crippen molar-refractivity contribution >= 4 is 34.8 Å². The van der Waals surface area contributed by atoms with Crippen LogP contribution in [0.4, 0.5) is 24.8 Å². The maximum absolute atomic E-state index is 13.2. The number of nitrogens with zero attached hydrogens (tertiary/aromatic N) is 3. The molecule has 0 saturated heterocycles. The summed E-state index contributed by atoms with van der Waals surface area (Å²) >= 11 is 12.1. The molecule has 1 heterocycles. The molecule has 0 fully saturated rings. The number of anilines is 2. The van der Waals surface area contributed by atoms with Crippen molar-refractivity contribution in [2.24, 2.45) is 0 Å². The molecule has 5 nitrogen and oxygen atoms in total. The van der Waals surface area contributed by atoms with E-state index >= 15 is 0 Å². The molecule has 4 rings (SSSR count). The van der Waals surface area contributed by atoms with Crippen LogP contribution in [0.3, 0.4) is 0 Å². The molecule has 1 aromatic heterocycles. The maximum atomic E-state index is 13.2. The molecule has 0 aliphatic carbocycles. The molecule has 1 N–H and O–H groups in total. The van der Waals surface area contributed by atoms with Gasteiger partial charge in [0.2, 0.25) is 5.95 Å². The van der Waals surface area contributed by atoms with E-state index in [1.165, 1.54) is 21.4 Å². The van der Waals surface area contributed by atoms with E-state index in [0.717, 1.165) is 23.3 Å². The van der Waals surface area contributed by atoms with Gasteiger partial charge in [-0.25, -0.2) is 9.48 Å². The molecular formula is C24H19Cl2F3N4O. The first-order valence-electron chi connectivity index (χ1n) is 10.2. The molecule has 0 unspecified atom stereocenters. The van der Waals surface area contributed by atoms with Crippen LogP contribution >= 0.6 is 23.2 Å². The van der Waals surface area contributed by atoms with Gasteiger partial charge in [-0.2, -0.15) is 13.2 Å². The minimum absolute atomic E-state index is 0.0882. The van der Waals surface area contributed by atoms with Gasteiger partial charge in [0.25, 0.3) is 0 Å². The zero-order valence-corrected chi connectivity index (χ0v) is 19.4. The average molecular weight is 507 g/mol. The van der Waals surface area contributed by atoms with Crippen LogP contribution in [0.25, 0.3) is 0 Å². The highest BCUT2D eigenvalue weighted by atomic mass is 35.5. The minimum Gasteiger partial charge on any atom is -0.324 e. The number of aryl methyl sites for hydroxylation is 1. The molecule has 0 atom stereocenters. The van der Waals surface area contributed by atoms with E-state index < -0.39 is 17.4 Å². The van der Waals surface area contributed by atoms with Crippen molar-refractivity contribution < 1.29 is 13.2 Å². The van der Waals surface area contributed by atoms with E-state index in [1.54, 1.807) is 18.2 Å². The molecular weight excluding hydrogens is 488 g/mol. The average Bonchev–Trinajstić information content (AvgIpc) is 3.06. The van der Waals surface area contributed by atoms with Crippen LogP contribution in [0, 0.1) is 6.92 Å². The summed E-state index contributed by atoms with van der Waals surface area (Å²) in [5.74, 6) is 0.0995. The predicted molar refractivity (Wildman–Crippen MR) is 127 cm³/mol. The molecule has 34 heavy (non-hydrogen) atoms. The Morgan fingerprint density at radius 1 is 0.912 bits per heavy atom. The van der Waals surface area contributed by atoms with Gasteiger partial charge in [0.1, 0.15) is 0 Å². The van der Waals surface area contributed by atoms with Gasteiger partial charge in [0.05, 0.1) is 28.7 Å². The molecule has 0 radical (unpaired) electrons. The van der Waals surface area contributed by atoms with Crippen molar-refractivity contribution in [2.75, 3.05) is 5.32 Å². The van der Waals surface area contributed by atoms with Crippen molar-refractivity contribution in [3.63, 3.8) is 0 Å². The van der Waals surface area contributed by atoms with Gasteiger partial charge in [0, 0.05) is 5.69 Å². The third-order valence-electron chi connectivity index (χ3n) is 5.15. The molecule has 10 heteroatoms. The number of nitrogens with one attached hydrogen (secondary N) is 1. The summed E-state index contributed by atoms with van der Waals surface area (Å²) in [6.45, 7) is 2.24. The number of halogens is 5. The quantitative estimate of drug-likeness (QED) is 0.324. The number of rotatable bonds is 6. The number of hydrogen-bond donors (Lipinski definition) is 1. The molecule has 3 aromatic carbocycles. The Bertz CT molecular complexity index is 1380. The van der Waals surface area contributed by atoms with Crippen molar-refractivity contribution in [1.29, 1.82) is 0 Å².